The molecule has 0 saturated carbocycles. The number of hydrogen-bond acceptors (Lipinski definition) is 6. The summed E-state index contributed by atoms with van der Waals surface area (Å²) in [6, 6.07) is 11.0. The number of nitrogens with one attached hydrogen (secondary N) is 1. The summed E-state index contributed by atoms with van der Waals surface area (Å²) in [6.07, 6.45) is 5.51. The maximum atomic E-state index is 12.3. The number of rotatable bonds is 7. The number of primary amides is 1. The Bertz CT molecular complexity index is 1100. The molecule has 1 atom stereocenters. The number of carbonyl (C=O) groups excluding carboxylic acids is 2. The molecule has 1 saturated heterocycles. The minimum atomic E-state index is -0.274. The van der Waals surface area contributed by atoms with Crippen LogP contribution in [0.2, 0.25) is 5.02 Å². The lowest BCUT2D eigenvalue weighted by Gasteiger charge is -2.32. The molecule has 1 unspecified atom stereocenters. The molecular formula is C23H24ClN5O3. The zero-order valence-corrected chi connectivity index (χ0v) is 18.2. The van der Waals surface area contributed by atoms with Gasteiger partial charge in [-0.25, -0.2) is 9.97 Å². The average Bonchev–Trinajstić information content (AvgIpc) is 3.27. The third-order valence-corrected chi connectivity index (χ3v) is 5.77. The van der Waals surface area contributed by atoms with E-state index in [2.05, 4.69) is 15.3 Å². The van der Waals surface area contributed by atoms with Crippen molar-refractivity contribution in [3.63, 3.8) is 0 Å². The lowest BCUT2D eigenvalue weighted by Crippen LogP contribution is -2.41. The summed E-state index contributed by atoms with van der Waals surface area (Å²) in [5.74, 6) is 1.21. The summed E-state index contributed by atoms with van der Waals surface area (Å²) in [5.41, 5.74) is 6.81. The van der Waals surface area contributed by atoms with Gasteiger partial charge >= 0.3 is 0 Å². The second-order valence-electron chi connectivity index (χ2n) is 7.74. The smallest absolute Gasteiger partial charge is 0.224 e. The first-order chi connectivity index (χ1) is 15.5. The fraction of sp³-hybridized carbons (Fsp3) is 0.304. The van der Waals surface area contributed by atoms with Crippen LogP contribution in [0.4, 0.5) is 11.5 Å². The molecule has 2 amide bonds. The van der Waals surface area contributed by atoms with Crippen molar-refractivity contribution >= 4 is 34.9 Å². The molecule has 1 fully saturated rings. The van der Waals surface area contributed by atoms with Gasteiger partial charge in [0, 0.05) is 31.5 Å². The van der Waals surface area contributed by atoms with Crippen molar-refractivity contribution in [2.75, 3.05) is 23.3 Å². The van der Waals surface area contributed by atoms with Crippen molar-refractivity contribution < 1.29 is 14.0 Å². The standard InChI is InChI=1S/C23H24ClN5O3/c24-18-6-2-1-5-17(18)19-13-27-22(32-19)10-9-21(30)28-16-7-8-20(26-12-16)29-11-3-4-15(14-29)23(25)31/h1-2,5-8,12-13,15H,3-4,9-11,14H2,(H2,25,31)(H,28,30). The minimum Gasteiger partial charge on any atom is -0.441 e. The first kappa shape index (κ1) is 21.8. The normalized spacial score (nSPS) is 16.0. The monoisotopic (exact) mass is 453 g/mol. The molecule has 8 nitrogen and oxygen atoms in total. The average molecular weight is 454 g/mol. The third kappa shape index (κ3) is 5.26. The number of aromatic nitrogens is 2. The Kier molecular flexibility index (Phi) is 6.70. The molecule has 2 aromatic heterocycles. The zero-order valence-electron chi connectivity index (χ0n) is 17.5. The Morgan fingerprint density at radius 1 is 1.19 bits per heavy atom. The quantitative estimate of drug-likeness (QED) is 0.564. The molecule has 9 heteroatoms. The van der Waals surface area contributed by atoms with Gasteiger partial charge in [-0.15, -0.1) is 0 Å². The second-order valence-corrected chi connectivity index (χ2v) is 8.15. The number of anilines is 2. The van der Waals surface area contributed by atoms with Gasteiger partial charge in [-0.3, -0.25) is 9.59 Å². The highest BCUT2D eigenvalue weighted by Gasteiger charge is 2.24. The minimum absolute atomic E-state index is 0.154. The Hall–Kier alpha value is -3.39. The van der Waals surface area contributed by atoms with E-state index in [9.17, 15) is 9.59 Å². The molecule has 1 aliphatic rings. The largest absolute Gasteiger partial charge is 0.441 e. The fourth-order valence-electron chi connectivity index (χ4n) is 3.72. The van der Waals surface area contributed by atoms with Crippen LogP contribution in [-0.4, -0.2) is 34.9 Å². The van der Waals surface area contributed by atoms with Gasteiger partial charge in [0.2, 0.25) is 11.8 Å². The van der Waals surface area contributed by atoms with E-state index in [0.717, 1.165) is 30.8 Å². The summed E-state index contributed by atoms with van der Waals surface area (Å²) in [6.45, 7) is 1.40. The number of aryl methyl sites for hydroxylation is 1. The van der Waals surface area contributed by atoms with Crippen LogP contribution in [0.1, 0.15) is 25.2 Å². The molecule has 4 rings (SSSR count). The van der Waals surface area contributed by atoms with Gasteiger partial charge in [0.05, 0.1) is 29.0 Å². The highest BCUT2D eigenvalue weighted by Crippen LogP contribution is 2.28. The number of halogens is 1. The molecule has 0 spiro atoms. The van der Waals surface area contributed by atoms with Crippen molar-refractivity contribution in [3.05, 3.63) is 59.7 Å². The van der Waals surface area contributed by atoms with Crippen LogP contribution in [0.15, 0.2) is 53.2 Å². The highest BCUT2D eigenvalue weighted by atomic mass is 35.5. The van der Waals surface area contributed by atoms with Gasteiger partial charge in [0.15, 0.2) is 11.7 Å². The van der Waals surface area contributed by atoms with Crippen molar-refractivity contribution in [2.24, 2.45) is 11.7 Å². The summed E-state index contributed by atoms with van der Waals surface area (Å²) in [7, 11) is 0. The van der Waals surface area contributed by atoms with Crippen molar-refractivity contribution in [1.29, 1.82) is 0 Å². The Morgan fingerprint density at radius 3 is 2.78 bits per heavy atom. The van der Waals surface area contributed by atoms with Crippen LogP contribution in [0, 0.1) is 5.92 Å². The molecule has 0 aliphatic carbocycles. The first-order valence-electron chi connectivity index (χ1n) is 10.5. The van der Waals surface area contributed by atoms with Crippen LogP contribution >= 0.6 is 11.6 Å². The number of nitrogens with zero attached hydrogens (tertiary/aromatic N) is 3. The zero-order chi connectivity index (χ0) is 22.5. The highest BCUT2D eigenvalue weighted by molar-refractivity contribution is 6.33. The predicted molar refractivity (Wildman–Crippen MR) is 122 cm³/mol. The summed E-state index contributed by atoms with van der Waals surface area (Å²) >= 11 is 6.19. The molecule has 166 valence electrons. The molecule has 1 aliphatic heterocycles. The molecule has 3 N–H and O–H groups in total. The lowest BCUT2D eigenvalue weighted by atomic mass is 9.97. The first-order valence-corrected chi connectivity index (χ1v) is 10.9. The molecule has 1 aromatic carbocycles. The van der Waals surface area contributed by atoms with E-state index < -0.39 is 0 Å². The second kappa shape index (κ2) is 9.82. The summed E-state index contributed by atoms with van der Waals surface area (Å²) < 4.78 is 5.73. The number of piperidine rings is 1. The third-order valence-electron chi connectivity index (χ3n) is 5.44. The van der Waals surface area contributed by atoms with Gasteiger partial charge in [-0.05, 0) is 37.1 Å². The Morgan fingerprint density at radius 2 is 2.03 bits per heavy atom. The van der Waals surface area contributed by atoms with Crippen LogP contribution < -0.4 is 16.0 Å². The molecule has 0 radical (unpaired) electrons. The van der Waals surface area contributed by atoms with Crippen LogP contribution in [0.25, 0.3) is 11.3 Å². The maximum Gasteiger partial charge on any atom is 0.224 e. The van der Waals surface area contributed by atoms with Crippen molar-refractivity contribution in [2.45, 2.75) is 25.7 Å². The van der Waals surface area contributed by atoms with Crippen molar-refractivity contribution in [3.8, 4) is 11.3 Å². The van der Waals surface area contributed by atoms with Crippen LogP contribution in [0.3, 0.4) is 0 Å². The van der Waals surface area contributed by atoms with E-state index in [-0.39, 0.29) is 24.2 Å². The van der Waals surface area contributed by atoms with Gasteiger partial charge < -0.3 is 20.4 Å². The van der Waals surface area contributed by atoms with E-state index in [4.69, 9.17) is 21.8 Å². The van der Waals surface area contributed by atoms with Crippen LogP contribution in [-0.2, 0) is 16.0 Å². The molecule has 3 heterocycles. The number of nitrogens with two attached hydrogens (primary N) is 1. The number of carbonyl (C=O) groups is 2. The summed E-state index contributed by atoms with van der Waals surface area (Å²) in [4.78, 5) is 34.5. The molecule has 3 aromatic rings. The van der Waals surface area contributed by atoms with Gasteiger partial charge in [-0.1, -0.05) is 23.7 Å². The topological polar surface area (TPSA) is 114 Å². The number of pyridine rings is 1. The Balaban J connectivity index is 1.29. The number of hydrogen-bond donors (Lipinski definition) is 2. The molecule has 32 heavy (non-hydrogen) atoms. The van der Waals surface area contributed by atoms with Crippen LogP contribution in [0.5, 0.6) is 0 Å². The number of benzene rings is 1. The lowest BCUT2D eigenvalue weighted by molar-refractivity contribution is -0.122. The van der Waals surface area contributed by atoms with Gasteiger partial charge in [0.1, 0.15) is 5.82 Å². The Labute approximate surface area is 190 Å². The van der Waals surface area contributed by atoms with E-state index in [1.165, 1.54) is 0 Å². The van der Waals surface area contributed by atoms with Crippen molar-refractivity contribution in [1.82, 2.24) is 9.97 Å². The summed E-state index contributed by atoms with van der Waals surface area (Å²) in [5, 5.41) is 3.41. The molecule has 0 bridgehead atoms. The number of oxazole rings is 1. The number of amides is 2. The van der Waals surface area contributed by atoms with Gasteiger partial charge in [0.25, 0.3) is 0 Å². The van der Waals surface area contributed by atoms with E-state index in [0.29, 0.717) is 35.3 Å². The van der Waals surface area contributed by atoms with E-state index >= 15 is 0 Å². The molecular weight excluding hydrogens is 430 g/mol. The fourth-order valence-corrected chi connectivity index (χ4v) is 3.95. The van der Waals surface area contributed by atoms with E-state index in [1.54, 1.807) is 24.5 Å². The van der Waals surface area contributed by atoms with Gasteiger partial charge in [-0.2, -0.15) is 0 Å². The van der Waals surface area contributed by atoms with E-state index in [1.807, 2.05) is 29.2 Å². The SMILES string of the molecule is NC(=O)C1CCCN(c2ccc(NC(=O)CCc3ncc(-c4ccccc4Cl)o3)cn2)C1. The predicted octanol–water partition coefficient (Wildman–Crippen LogP) is 3.66. The maximum absolute atomic E-state index is 12.3.